The Morgan fingerprint density at radius 1 is 1.00 bits per heavy atom. The van der Waals surface area contributed by atoms with Crippen LogP contribution in [0.2, 0.25) is 5.02 Å². The third-order valence-corrected chi connectivity index (χ3v) is 5.03. The predicted octanol–water partition coefficient (Wildman–Crippen LogP) is 2.60. The lowest BCUT2D eigenvalue weighted by Crippen LogP contribution is -2.28. The molecule has 0 atom stereocenters. The fourth-order valence-electron chi connectivity index (χ4n) is 2.45. The molecular formula is C20H19ClN2O6S. The zero-order chi connectivity index (χ0) is 21.3. The van der Waals surface area contributed by atoms with Crippen molar-refractivity contribution < 1.29 is 28.6 Å². The topological polar surface area (TPSA) is 103 Å². The molecule has 0 radical (unpaired) electrons. The molecule has 10 heteroatoms. The van der Waals surface area contributed by atoms with Gasteiger partial charge in [0.1, 0.15) is 0 Å². The van der Waals surface area contributed by atoms with Gasteiger partial charge in [-0.25, -0.2) is 0 Å². The van der Waals surface area contributed by atoms with Gasteiger partial charge in [-0.1, -0.05) is 17.7 Å². The van der Waals surface area contributed by atoms with Crippen LogP contribution in [-0.4, -0.2) is 42.7 Å². The molecule has 30 heavy (non-hydrogen) atoms. The molecule has 8 nitrogen and oxygen atoms in total. The Bertz CT molecular complexity index is 922. The number of hydrogen-bond donors (Lipinski definition) is 2. The van der Waals surface area contributed by atoms with Gasteiger partial charge >= 0.3 is 5.97 Å². The molecule has 0 saturated heterocycles. The molecular weight excluding hydrogens is 432 g/mol. The maximum absolute atomic E-state index is 11.8. The van der Waals surface area contributed by atoms with Gasteiger partial charge < -0.3 is 24.8 Å². The third-order valence-electron chi connectivity index (χ3n) is 3.87. The van der Waals surface area contributed by atoms with Gasteiger partial charge in [-0.3, -0.25) is 14.4 Å². The number of halogens is 1. The van der Waals surface area contributed by atoms with Gasteiger partial charge in [0.2, 0.25) is 12.7 Å². The number of carbonyl (C=O) groups is 3. The first kappa shape index (κ1) is 21.8. The second-order valence-corrected chi connectivity index (χ2v) is 7.59. The van der Waals surface area contributed by atoms with E-state index in [0.29, 0.717) is 22.2 Å². The fraction of sp³-hybridized carbons (Fsp3) is 0.250. The van der Waals surface area contributed by atoms with Crippen molar-refractivity contribution in [3.8, 4) is 11.5 Å². The highest BCUT2D eigenvalue weighted by Crippen LogP contribution is 2.32. The van der Waals surface area contributed by atoms with Crippen LogP contribution in [0.3, 0.4) is 0 Å². The number of fused-ring (bicyclic) bond motifs is 1. The number of esters is 1. The van der Waals surface area contributed by atoms with Crippen molar-refractivity contribution >= 4 is 46.8 Å². The number of carbonyl (C=O) groups excluding carboxylic acids is 3. The Balaban J connectivity index is 1.28. The molecule has 1 aliphatic heterocycles. The minimum atomic E-state index is -0.572. The molecule has 2 aromatic rings. The second-order valence-electron chi connectivity index (χ2n) is 6.17. The Labute approximate surface area is 182 Å². The molecule has 0 spiro atoms. The molecule has 3 rings (SSSR count). The van der Waals surface area contributed by atoms with E-state index in [9.17, 15) is 14.4 Å². The summed E-state index contributed by atoms with van der Waals surface area (Å²) < 4.78 is 15.4. The van der Waals surface area contributed by atoms with Gasteiger partial charge in [0.25, 0.3) is 5.91 Å². The largest absolute Gasteiger partial charge is 0.455 e. The summed E-state index contributed by atoms with van der Waals surface area (Å²) in [7, 11) is 0. The lowest BCUT2D eigenvalue weighted by molar-refractivity contribution is -0.145. The first-order valence-corrected chi connectivity index (χ1v) is 10.5. The van der Waals surface area contributed by atoms with Crippen LogP contribution >= 0.6 is 23.4 Å². The maximum Gasteiger partial charge on any atom is 0.316 e. The van der Waals surface area contributed by atoms with E-state index in [-0.39, 0.29) is 37.4 Å². The van der Waals surface area contributed by atoms with Crippen molar-refractivity contribution in [3.05, 3.63) is 53.1 Å². The van der Waals surface area contributed by atoms with Crippen molar-refractivity contribution in [3.63, 3.8) is 0 Å². The lowest BCUT2D eigenvalue weighted by Gasteiger charge is -2.08. The molecule has 2 N–H and O–H groups in total. The van der Waals surface area contributed by atoms with Gasteiger partial charge in [0, 0.05) is 17.3 Å². The number of thioether (sulfide) groups is 1. The van der Waals surface area contributed by atoms with Crippen LogP contribution in [0.1, 0.15) is 5.56 Å². The molecule has 0 fully saturated rings. The van der Waals surface area contributed by atoms with Crippen LogP contribution < -0.4 is 20.1 Å². The maximum atomic E-state index is 11.8. The molecule has 0 bridgehead atoms. The summed E-state index contributed by atoms with van der Waals surface area (Å²) in [5, 5.41) is 5.92. The van der Waals surface area contributed by atoms with Crippen molar-refractivity contribution in [1.82, 2.24) is 5.32 Å². The number of rotatable bonds is 9. The first-order chi connectivity index (χ1) is 14.5. The quantitative estimate of drug-likeness (QED) is 0.566. The molecule has 0 unspecified atom stereocenters. The van der Waals surface area contributed by atoms with Gasteiger partial charge in [0.15, 0.2) is 18.1 Å². The van der Waals surface area contributed by atoms with Crippen molar-refractivity contribution in [2.45, 2.75) is 6.54 Å². The van der Waals surface area contributed by atoms with Crippen LogP contribution in [0.4, 0.5) is 5.69 Å². The predicted molar refractivity (Wildman–Crippen MR) is 113 cm³/mol. The zero-order valence-corrected chi connectivity index (χ0v) is 17.4. The second kappa shape index (κ2) is 10.7. The highest BCUT2D eigenvalue weighted by atomic mass is 35.5. The van der Waals surface area contributed by atoms with Gasteiger partial charge in [-0.15, -0.1) is 11.8 Å². The van der Waals surface area contributed by atoms with E-state index < -0.39 is 11.9 Å². The summed E-state index contributed by atoms with van der Waals surface area (Å²) in [4.78, 5) is 35.4. The Morgan fingerprint density at radius 2 is 1.77 bits per heavy atom. The smallest absolute Gasteiger partial charge is 0.316 e. The normalized spacial score (nSPS) is 11.6. The van der Waals surface area contributed by atoms with Crippen molar-refractivity contribution in [2.24, 2.45) is 0 Å². The number of benzene rings is 2. The summed E-state index contributed by atoms with van der Waals surface area (Å²) >= 11 is 6.88. The van der Waals surface area contributed by atoms with Crippen LogP contribution in [0.5, 0.6) is 11.5 Å². The van der Waals surface area contributed by atoms with E-state index in [4.69, 9.17) is 25.8 Å². The molecule has 2 aromatic carbocycles. The molecule has 0 aromatic heterocycles. The number of ether oxygens (including phenoxy) is 3. The summed E-state index contributed by atoms with van der Waals surface area (Å²) in [5.74, 6) is 0.0848. The van der Waals surface area contributed by atoms with Crippen LogP contribution in [0.25, 0.3) is 0 Å². The zero-order valence-electron chi connectivity index (χ0n) is 15.8. The monoisotopic (exact) mass is 450 g/mol. The van der Waals surface area contributed by atoms with Gasteiger partial charge in [0.05, 0.1) is 11.5 Å². The summed E-state index contributed by atoms with van der Waals surface area (Å²) in [6, 6.07) is 12.1. The molecule has 0 saturated carbocycles. The van der Waals surface area contributed by atoms with Gasteiger partial charge in [-0.05, 0) is 42.0 Å². The SMILES string of the molecule is O=C(COC(=O)CSCC(=O)Nc1ccc(Cl)cc1)NCc1ccc2c(c1)OCO2. The van der Waals surface area contributed by atoms with Crippen LogP contribution in [0.15, 0.2) is 42.5 Å². The standard InChI is InChI=1S/C20H19ClN2O6S/c21-14-2-4-15(5-3-14)23-19(25)10-30-11-20(26)27-9-18(24)22-8-13-1-6-16-17(7-13)29-12-28-16/h1-7H,8-12H2,(H,22,24)(H,23,25). The number of amides is 2. The molecule has 1 aliphatic rings. The minimum Gasteiger partial charge on any atom is -0.455 e. The van der Waals surface area contributed by atoms with E-state index >= 15 is 0 Å². The minimum absolute atomic E-state index is 0.0382. The summed E-state index contributed by atoms with van der Waals surface area (Å²) in [6.07, 6.45) is 0. The van der Waals surface area contributed by atoms with E-state index in [1.165, 1.54) is 0 Å². The average molecular weight is 451 g/mol. The van der Waals surface area contributed by atoms with E-state index in [0.717, 1.165) is 17.3 Å². The van der Waals surface area contributed by atoms with Crippen LogP contribution in [-0.2, 0) is 25.7 Å². The Kier molecular flexibility index (Phi) is 7.81. The third kappa shape index (κ3) is 6.85. The van der Waals surface area contributed by atoms with Crippen molar-refractivity contribution in [2.75, 3.05) is 30.2 Å². The number of nitrogens with one attached hydrogen (secondary N) is 2. The lowest BCUT2D eigenvalue weighted by atomic mass is 10.2. The Morgan fingerprint density at radius 3 is 2.57 bits per heavy atom. The summed E-state index contributed by atoms with van der Waals surface area (Å²) in [6.45, 7) is 0.0649. The average Bonchev–Trinajstić information content (AvgIpc) is 3.20. The highest BCUT2D eigenvalue weighted by Gasteiger charge is 2.14. The highest BCUT2D eigenvalue weighted by molar-refractivity contribution is 8.00. The number of anilines is 1. The van der Waals surface area contributed by atoms with Gasteiger partial charge in [-0.2, -0.15) is 0 Å². The molecule has 2 amide bonds. The molecule has 158 valence electrons. The van der Waals surface area contributed by atoms with Crippen LogP contribution in [0, 0.1) is 0 Å². The van der Waals surface area contributed by atoms with Crippen molar-refractivity contribution in [1.29, 1.82) is 0 Å². The first-order valence-electron chi connectivity index (χ1n) is 8.93. The molecule has 1 heterocycles. The summed E-state index contributed by atoms with van der Waals surface area (Å²) in [5.41, 5.74) is 1.45. The van der Waals surface area contributed by atoms with E-state index in [1.807, 2.05) is 6.07 Å². The van der Waals surface area contributed by atoms with E-state index in [1.54, 1.807) is 36.4 Å². The molecule has 0 aliphatic carbocycles. The fourth-order valence-corrected chi connectivity index (χ4v) is 3.18. The Hall–Kier alpha value is -2.91. The number of hydrogen-bond acceptors (Lipinski definition) is 7. The van der Waals surface area contributed by atoms with E-state index in [2.05, 4.69) is 10.6 Å².